The molecule has 13 N–H and O–H groups in total. The third-order valence-electron chi connectivity index (χ3n) is 6.79. The molecule has 0 aromatic heterocycles. The summed E-state index contributed by atoms with van der Waals surface area (Å²) in [5, 5.41) is 19.2. The zero-order chi connectivity index (χ0) is 33.6. The van der Waals surface area contributed by atoms with Crippen LogP contribution in [0.1, 0.15) is 59.3 Å². The van der Waals surface area contributed by atoms with Gasteiger partial charge in [-0.25, -0.2) is 4.79 Å². The number of hydrogen-bond acceptors (Lipinski definition) is 9. The Morgan fingerprint density at radius 1 is 0.932 bits per heavy atom. The fourth-order valence-corrected chi connectivity index (χ4v) is 4.46. The number of aliphatic carboxylic acids is 1. The molecule has 0 spiro atoms. The number of amides is 6. The highest BCUT2D eigenvalue weighted by Crippen LogP contribution is 2.18. The Balaban J connectivity index is 2.99. The molecule has 1 aliphatic heterocycles. The van der Waals surface area contributed by atoms with E-state index in [1.54, 1.807) is 13.8 Å². The predicted octanol–water partition coefficient (Wildman–Crippen LogP) is -4.05. The van der Waals surface area contributed by atoms with Crippen molar-refractivity contribution in [1.82, 2.24) is 26.2 Å². The van der Waals surface area contributed by atoms with E-state index in [0.29, 0.717) is 19.4 Å². The van der Waals surface area contributed by atoms with Crippen LogP contribution in [0.2, 0.25) is 0 Å². The average Bonchev–Trinajstić information content (AvgIpc) is 3.42. The van der Waals surface area contributed by atoms with Crippen LogP contribution in [0.3, 0.4) is 0 Å². The summed E-state index contributed by atoms with van der Waals surface area (Å²) in [6.07, 6.45) is 0.682. The van der Waals surface area contributed by atoms with E-state index in [1.807, 2.05) is 0 Å². The first-order valence-corrected chi connectivity index (χ1v) is 14.3. The van der Waals surface area contributed by atoms with Crippen LogP contribution >= 0.6 is 0 Å². The Kier molecular flexibility index (Phi) is 15.6. The number of nitrogens with zero attached hydrogens (tertiary/aromatic N) is 2. The number of carboxylic acid groups (broad SMARTS) is 1. The molecule has 1 saturated heterocycles. The molecule has 0 aliphatic carbocycles. The number of nitrogens with one attached hydrogen (secondary N) is 4. The van der Waals surface area contributed by atoms with Gasteiger partial charge < -0.3 is 54.2 Å². The summed E-state index contributed by atoms with van der Waals surface area (Å²) in [4.78, 5) is 92.3. The van der Waals surface area contributed by atoms with Crippen molar-refractivity contribution >= 4 is 47.4 Å². The number of guanidine groups is 1. The molecular weight excluding hydrogens is 580 g/mol. The van der Waals surface area contributed by atoms with Crippen LogP contribution < -0.4 is 44.2 Å². The van der Waals surface area contributed by atoms with E-state index in [9.17, 15) is 38.7 Å². The third kappa shape index (κ3) is 12.8. The standard InChI is InChI=1S/C26H46N10O8/c1-13(2)20(25(43)44)35-22(40)15(6-4-10-31-26(29)30)34-21(39)16(8-9-18(28)37)33-19(38)12-32-23(41)17-7-5-11-36(17)24(42)14(3)27/h13-17,20H,4-12,27H2,1-3H3,(H2,28,37)(H,32,41)(H,33,38)(H,34,39)(H,35,40)(H,43,44)(H4,29,30,31)/t14-,15-,16-,17-,20-/m0/s1. The lowest BCUT2D eigenvalue weighted by molar-refractivity contribution is -0.143. The largest absolute Gasteiger partial charge is 0.480 e. The van der Waals surface area contributed by atoms with Crippen LogP contribution in [0.4, 0.5) is 0 Å². The number of likely N-dealkylation sites (tertiary alicyclic amines) is 1. The van der Waals surface area contributed by atoms with Crippen molar-refractivity contribution in [2.24, 2.45) is 33.8 Å². The van der Waals surface area contributed by atoms with E-state index >= 15 is 0 Å². The van der Waals surface area contributed by atoms with Gasteiger partial charge in [0.05, 0.1) is 12.6 Å². The van der Waals surface area contributed by atoms with Crippen molar-refractivity contribution in [3.8, 4) is 0 Å². The highest BCUT2D eigenvalue weighted by Gasteiger charge is 2.35. The Morgan fingerprint density at radius 3 is 2.09 bits per heavy atom. The predicted molar refractivity (Wildman–Crippen MR) is 158 cm³/mol. The molecule has 0 aromatic carbocycles. The van der Waals surface area contributed by atoms with E-state index in [0.717, 1.165) is 0 Å². The van der Waals surface area contributed by atoms with Gasteiger partial charge in [-0.1, -0.05) is 13.8 Å². The molecule has 248 valence electrons. The third-order valence-corrected chi connectivity index (χ3v) is 6.79. The maximum atomic E-state index is 13.2. The molecule has 0 unspecified atom stereocenters. The summed E-state index contributed by atoms with van der Waals surface area (Å²) in [5.41, 5.74) is 21.5. The Bertz CT molecular complexity index is 1090. The van der Waals surface area contributed by atoms with Gasteiger partial charge >= 0.3 is 5.97 Å². The lowest BCUT2D eigenvalue weighted by atomic mass is 10.0. The fraction of sp³-hybridized carbons (Fsp3) is 0.692. The van der Waals surface area contributed by atoms with Crippen molar-refractivity contribution in [3.63, 3.8) is 0 Å². The molecule has 0 aromatic rings. The first-order valence-electron chi connectivity index (χ1n) is 14.3. The van der Waals surface area contributed by atoms with Crippen molar-refractivity contribution in [2.75, 3.05) is 19.6 Å². The molecule has 1 heterocycles. The number of carbonyl (C=O) groups is 7. The molecule has 0 saturated carbocycles. The van der Waals surface area contributed by atoms with Gasteiger partial charge in [0.15, 0.2) is 5.96 Å². The second-order valence-corrected chi connectivity index (χ2v) is 10.9. The molecule has 44 heavy (non-hydrogen) atoms. The van der Waals surface area contributed by atoms with Gasteiger partial charge in [-0.3, -0.25) is 33.8 Å². The summed E-state index contributed by atoms with van der Waals surface area (Å²) in [6.45, 7) is 4.62. The monoisotopic (exact) mass is 626 g/mol. The average molecular weight is 627 g/mol. The molecular formula is C26H46N10O8. The summed E-state index contributed by atoms with van der Waals surface area (Å²) in [7, 11) is 0. The number of primary amides is 1. The maximum Gasteiger partial charge on any atom is 0.326 e. The number of carbonyl (C=O) groups excluding carboxylic acids is 6. The highest BCUT2D eigenvalue weighted by molar-refractivity contribution is 5.95. The van der Waals surface area contributed by atoms with Crippen LogP contribution in [0.15, 0.2) is 4.99 Å². The van der Waals surface area contributed by atoms with Gasteiger partial charge in [-0.2, -0.15) is 0 Å². The molecule has 1 fully saturated rings. The first kappa shape index (κ1) is 37.5. The van der Waals surface area contributed by atoms with Crippen LogP contribution in [-0.4, -0.2) is 107 Å². The topological polar surface area (TPSA) is 308 Å². The second kappa shape index (κ2) is 18.2. The minimum Gasteiger partial charge on any atom is -0.480 e. The molecule has 18 heteroatoms. The van der Waals surface area contributed by atoms with Crippen molar-refractivity contribution < 1.29 is 38.7 Å². The smallest absolute Gasteiger partial charge is 0.326 e. The fourth-order valence-electron chi connectivity index (χ4n) is 4.46. The zero-order valence-electron chi connectivity index (χ0n) is 25.3. The second-order valence-electron chi connectivity index (χ2n) is 10.9. The van der Waals surface area contributed by atoms with E-state index < -0.39 is 84.1 Å². The Hall–Kier alpha value is -4.48. The lowest BCUT2D eigenvalue weighted by Gasteiger charge is -2.26. The van der Waals surface area contributed by atoms with Crippen LogP contribution in [-0.2, 0) is 33.6 Å². The van der Waals surface area contributed by atoms with Crippen molar-refractivity contribution in [3.05, 3.63) is 0 Å². The number of rotatable bonds is 18. The SMILES string of the molecule is CC(C)[C@H](NC(=O)[C@H](CCCN=C(N)N)NC(=O)[C@H](CCC(N)=O)NC(=O)CNC(=O)[C@@H]1CCCN1C(=O)[C@H](C)N)C(=O)O. The van der Waals surface area contributed by atoms with E-state index in [4.69, 9.17) is 22.9 Å². The molecule has 0 radical (unpaired) electrons. The lowest BCUT2D eigenvalue weighted by Crippen LogP contribution is -2.57. The summed E-state index contributed by atoms with van der Waals surface area (Å²) in [5.74, 6) is -6.06. The van der Waals surface area contributed by atoms with Gasteiger partial charge in [-0.05, 0) is 44.9 Å². The van der Waals surface area contributed by atoms with Crippen molar-refractivity contribution in [1.29, 1.82) is 0 Å². The molecule has 5 atom stereocenters. The molecule has 1 rings (SSSR count). The molecule has 1 aliphatic rings. The van der Waals surface area contributed by atoms with Crippen LogP contribution in [0.5, 0.6) is 0 Å². The molecule has 18 nitrogen and oxygen atoms in total. The maximum absolute atomic E-state index is 13.2. The Labute approximate surface area is 255 Å². The normalized spacial score (nSPS) is 17.0. The minimum atomic E-state index is -1.34. The summed E-state index contributed by atoms with van der Waals surface area (Å²) >= 11 is 0. The number of aliphatic imine (C=N–C) groups is 1. The van der Waals surface area contributed by atoms with E-state index in [1.165, 1.54) is 11.8 Å². The van der Waals surface area contributed by atoms with Gasteiger partial charge in [0.1, 0.15) is 24.2 Å². The summed E-state index contributed by atoms with van der Waals surface area (Å²) < 4.78 is 0. The van der Waals surface area contributed by atoms with Crippen LogP contribution in [0, 0.1) is 5.92 Å². The van der Waals surface area contributed by atoms with Gasteiger partial charge in [0.2, 0.25) is 35.4 Å². The number of hydrogen-bond donors (Lipinski definition) is 9. The van der Waals surface area contributed by atoms with E-state index in [2.05, 4.69) is 26.3 Å². The molecule has 6 amide bonds. The van der Waals surface area contributed by atoms with Gasteiger partial charge in [0.25, 0.3) is 0 Å². The van der Waals surface area contributed by atoms with E-state index in [-0.39, 0.29) is 38.2 Å². The van der Waals surface area contributed by atoms with Gasteiger partial charge in [0, 0.05) is 19.5 Å². The first-order chi connectivity index (χ1) is 20.5. The Morgan fingerprint density at radius 2 is 1.55 bits per heavy atom. The van der Waals surface area contributed by atoms with Gasteiger partial charge in [-0.15, -0.1) is 0 Å². The summed E-state index contributed by atoms with van der Waals surface area (Å²) in [6, 6.07) is -5.43. The van der Waals surface area contributed by atoms with Crippen molar-refractivity contribution in [2.45, 2.75) is 89.5 Å². The highest BCUT2D eigenvalue weighted by atomic mass is 16.4. The zero-order valence-corrected chi connectivity index (χ0v) is 25.3. The quantitative estimate of drug-likeness (QED) is 0.0400. The minimum absolute atomic E-state index is 0.00333. The van der Waals surface area contributed by atoms with Crippen LogP contribution in [0.25, 0.3) is 0 Å². The number of carboxylic acids is 1. The molecule has 0 bridgehead atoms. The number of nitrogens with two attached hydrogens (primary N) is 4.